The fraction of sp³-hybridized carbons (Fsp3) is 0.550. The number of hydrogen-bond acceptors (Lipinski definition) is 2. The van der Waals surface area contributed by atoms with Crippen molar-refractivity contribution in [2.75, 3.05) is 0 Å². The molecule has 0 aromatic heterocycles. The summed E-state index contributed by atoms with van der Waals surface area (Å²) in [6, 6.07) is 10.6. The van der Waals surface area contributed by atoms with Crippen LogP contribution in [0.15, 0.2) is 42.0 Å². The van der Waals surface area contributed by atoms with Gasteiger partial charge in [-0.1, -0.05) is 48.4 Å². The molecule has 1 saturated heterocycles. The second-order valence-corrected chi connectivity index (χ2v) is 7.17. The molecule has 2 unspecified atom stereocenters. The normalized spacial score (nSPS) is 27.1. The molecule has 2 heterocycles. The Bertz CT molecular complexity index is 591. The van der Waals surface area contributed by atoms with Gasteiger partial charge in [-0.15, -0.1) is 0 Å². The van der Waals surface area contributed by atoms with Crippen molar-refractivity contribution in [3.05, 3.63) is 47.5 Å². The van der Waals surface area contributed by atoms with E-state index >= 15 is 0 Å². The highest BCUT2D eigenvalue weighted by Gasteiger charge is 2.40. The smallest absolute Gasteiger partial charge is 0.410 e. The second kappa shape index (κ2) is 6.38. The van der Waals surface area contributed by atoms with E-state index in [0.717, 1.165) is 30.7 Å². The summed E-state index contributed by atoms with van der Waals surface area (Å²) in [5.41, 5.74) is 2.67. The van der Waals surface area contributed by atoms with Crippen molar-refractivity contribution in [2.45, 2.75) is 63.6 Å². The summed E-state index contributed by atoms with van der Waals surface area (Å²) < 4.78 is 5.60. The molecule has 1 saturated carbocycles. The molecule has 122 valence electrons. The molecule has 3 aliphatic rings. The first kappa shape index (κ1) is 14.8. The van der Waals surface area contributed by atoms with E-state index in [1.807, 2.05) is 35.2 Å². The minimum absolute atomic E-state index is 0.132. The van der Waals surface area contributed by atoms with E-state index in [9.17, 15) is 4.79 Å². The molecule has 0 radical (unpaired) electrons. The maximum atomic E-state index is 12.6. The quantitative estimate of drug-likeness (QED) is 0.759. The van der Waals surface area contributed by atoms with Gasteiger partial charge in [0.2, 0.25) is 0 Å². The number of carbonyl (C=O) groups is 1. The van der Waals surface area contributed by atoms with E-state index in [1.54, 1.807) is 5.57 Å². The van der Waals surface area contributed by atoms with E-state index in [2.05, 4.69) is 6.08 Å². The summed E-state index contributed by atoms with van der Waals surface area (Å²) in [7, 11) is 0. The van der Waals surface area contributed by atoms with Crippen molar-refractivity contribution < 1.29 is 9.53 Å². The highest BCUT2D eigenvalue weighted by Crippen LogP contribution is 2.42. The third-order valence-corrected chi connectivity index (χ3v) is 5.71. The zero-order chi connectivity index (χ0) is 15.6. The van der Waals surface area contributed by atoms with Crippen LogP contribution in [0.2, 0.25) is 0 Å². The van der Waals surface area contributed by atoms with Crippen molar-refractivity contribution >= 4 is 6.09 Å². The number of ether oxygens (including phenoxy) is 1. The Morgan fingerprint density at radius 2 is 1.87 bits per heavy atom. The predicted molar refractivity (Wildman–Crippen MR) is 89.9 cm³/mol. The van der Waals surface area contributed by atoms with Gasteiger partial charge in [0.1, 0.15) is 6.61 Å². The predicted octanol–water partition coefficient (Wildman–Crippen LogP) is 4.68. The standard InChI is InChI=1S/C20H25NO2/c22-20(23-14-15-6-2-1-3-7-15)21-18-10-5-11-19(21)13-17(12-18)16-8-4-9-16/h1-3,6-7,12,16,18-19H,4-5,8-11,13-14H2. The van der Waals surface area contributed by atoms with Crippen molar-refractivity contribution in [3.63, 3.8) is 0 Å². The molecule has 1 aromatic carbocycles. The van der Waals surface area contributed by atoms with Gasteiger partial charge in [-0.05, 0) is 50.0 Å². The van der Waals surface area contributed by atoms with Crippen LogP contribution in [0.5, 0.6) is 0 Å². The molecule has 23 heavy (non-hydrogen) atoms. The molecule has 3 nitrogen and oxygen atoms in total. The summed E-state index contributed by atoms with van der Waals surface area (Å²) in [6.07, 6.45) is 10.9. The largest absolute Gasteiger partial charge is 0.445 e. The van der Waals surface area contributed by atoms with E-state index in [4.69, 9.17) is 4.74 Å². The average molecular weight is 311 g/mol. The molecule has 1 aliphatic carbocycles. The van der Waals surface area contributed by atoms with Gasteiger partial charge in [-0.25, -0.2) is 4.79 Å². The van der Waals surface area contributed by atoms with Gasteiger partial charge in [-0.2, -0.15) is 0 Å². The van der Waals surface area contributed by atoms with Gasteiger partial charge in [-0.3, -0.25) is 4.90 Å². The van der Waals surface area contributed by atoms with Crippen molar-refractivity contribution in [2.24, 2.45) is 5.92 Å². The van der Waals surface area contributed by atoms with Crippen molar-refractivity contribution in [3.8, 4) is 0 Å². The van der Waals surface area contributed by atoms with Gasteiger partial charge in [0.05, 0.1) is 6.04 Å². The summed E-state index contributed by atoms with van der Waals surface area (Å²) in [5, 5.41) is 0. The number of benzene rings is 1. The Kier molecular flexibility index (Phi) is 4.11. The fourth-order valence-corrected chi connectivity index (χ4v) is 4.22. The van der Waals surface area contributed by atoms with Gasteiger partial charge in [0.15, 0.2) is 0 Å². The van der Waals surface area contributed by atoms with Crippen LogP contribution in [0, 0.1) is 5.92 Å². The Morgan fingerprint density at radius 1 is 1.09 bits per heavy atom. The Morgan fingerprint density at radius 3 is 2.57 bits per heavy atom. The molecule has 2 atom stereocenters. The van der Waals surface area contributed by atoms with Crippen LogP contribution in [-0.4, -0.2) is 23.1 Å². The first-order chi connectivity index (χ1) is 11.3. The van der Waals surface area contributed by atoms with Crippen molar-refractivity contribution in [1.82, 2.24) is 4.90 Å². The molecular formula is C20H25NO2. The molecular weight excluding hydrogens is 286 g/mol. The lowest BCUT2D eigenvalue weighted by Crippen LogP contribution is -2.52. The van der Waals surface area contributed by atoms with Crippen LogP contribution in [-0.2, 0) is 11.3 Å². The third-order valence-electron chi connectivity index (χ3n) is 5.71. The lowest BCUT2D eigenvalue weighted by atomic mass is 9.73. The third kappa shape index (κ3) is 3.01. The Labute approximate surface area is 138 Å². The van der Waals surface area contributed by atoms with E-state index in [1.165, 1.54) is 25.7 Å². The van der Waals surface area contributed by atoms with E-state index in [0.29, 0.717) is 12.6 Å². The number of carbonyl (C=O) groups excluding carboxylic acids is 1. The first-order valence-corrected chi connectivity index (χ1v) is 9.01. The molecule has 4 rings (SSSR count). The summed E-state index contributed by atoms with van der Waals surface area (Å²) in [6.45, 7) is 0.370. The van der Waals surface area contributed by atoms with Crippen LogP contribution < -0.4 is 0 Å². The van der Waals surface area contributed by atoms with Crippen LogP contribution in [0.25, 0.3) is 0 Å². The van der Waals surface area contributed by atoms with E-state index in [-0.39, 0.29) is 12.1 Å². The molecule has 0 N–H and O–H groups in total. The van der Waals surface area contributed by atoms with Crippen molar-refractivity contribution in [1.29, 1.82) is 0 Å². The number of fused-ring (bicyclic) bond motifs is 2. The molecule has 2 aliphatic heterocycles. The number of hydrogen-bond donors (Lipinski definition) is 0. The number of nitrogens with zero attached hydrogens (tertiary/aromatic N) is 1. The molecule has 0 spiro atoms. The molecule has 1 amide bonds. The highest BCUT2D eigenvalue weighted by molar-refractivity contribution is 5.69. The maximum absolute atomic E-state index is 12.6. The lowest BCUT2D eigenvalue weighted by molar-refractivity contribution is 0.0460. The second-order valence-electron chi connectivity index (χ2n) is 7.17. The topological polar surface area (TPSA) is 29.5 Å². The summed E-state index contributed by atoms with van der Waals surface area (Å²) >= 11 is 0. The zero-order valence-electron chi connectivity index (χ0n) is 13.6. The van der Waals surface area contributed by atoms with Crippen LogP contribution >= 0.6 is 0 Å². The van der Waals surface area contributed by atoms with Gasteiger partial charge in [0, 0.05) is 6.04 Å². The van der Waals surface area contributed by atoms with Crippen LogP contribution in [0.1, 0.15) is 50.5 Å². The van der Waals surface area contributed by atoms with Gasteiger partial charge < -0.3 is 4.74 Å². The molecule has 3 heteroatoms. The minimum atomic E-state index is -0.132. The van der Waals surface area contributed by atoms with E-state index < -0.39 is 0 Å². The first-order valence-electron chi connectivity index (χ1n) is 9.01. The average Bonchev–Trinajstić information content (AvgIpc) is 2.51. The minimum Gasteiger partial charge on any atom is -0.445 e. The molecule has 2 bridgehead atoms. The Hall–Kier alpha value is -1.77. The summed E-state index contributed by atoms with van der Waals surface area (Å²) in [4.78, 5) is 14.6. The number of amides is 1. The fourth-order valence-electron chi connectivity index (χ4n) is 4.22. The zero-order valence-corrected chi connectivity index (χ0v) is 13.6. The van der Waals surface area contributed by atoms with Gasteiger partial charge in [0.25, 0.3) is 0 Å². The lowest BCUT2D eigenvalue weighted by Gasteiger charge is -2.46. The SMILES string of the molecule is O=C(OCc1ccccc1)N1C2C=C(C3CCC3)CC1CCC2. The maximum Gasteiger partial charge on any atom is 0.410 e. The van der Waals surface area contributed by atoms with Crippen LogP contribution in [0.3, 0.4) is 0 Å². The number of rotatable bonds is 3. The van der Waals surface area contributed by atoms with Gasteiger partial charge >= 0.3 is 6.09 Å². The molecule has 2 fully saturated rings. The number of piperidine rings is 1. The molecule has 1 aromatic rings. The van der Waals surface area contributed by atoms with Crippen LogP contribution in [0.4, 0.5) is 4.79 Å². The monoisotopic (exact) mass is 311 g/mol. The summed E-state index contributed by atoms with van der Waals surface area (Å²) in [5.74, 6) is 0.806. The highest BCUT2D eigenvalue weighted by atomic mass is 16.6. The Balaban J connectivity index is 1.43.